The van der Waals surface area contributed by atoms with Gasteiger partial charge in [0, 0.05) is 0 Å². The number of hydrogen-bond acceptors (Lipinski definition) is 5. The summed E-state index contributed by atoms with van der Waals surface area (Å²) in [7, 11) is -3.80. The Hall–Kier alpha value is -1.40. The predicted octanol–water partition coefficient (Wildman–Crippen LogP) is 3.46. The van der Waals surface area contributed by atoms with Crippen molar-refractivity contribution in [3.05, 3.63) is 29.8 Å². The maximum absolute atomic E-state index is 12.3. The van der Waals surface area contributed by atoms with Crippen LogP contribution in [0.5, 0.6) is 0 Å². The van der Waals surface area contributed by atoms with Crippen molar-refractivity contribution < 1.29 is 22.1 Å². The smallest absolute Gasteiger partial charge is 0.309 e. The van der Waals surface area contributed by atoms with E-state index in [1.54, 1.807) is 12.1 Å². The van der Waals surface area contributed by atoms with Crippen molar-refractivity contribution in [1.82, 2.24) is 0 Å². The maximum Gasteiger partial charge on any atom is 0.309 e. The minimum atomic E-state index is -3.80. The molecule has 24 heavy (non-hydrogen) atoms. The van der Waals surface area contributed by atoms with Crippen LogP contribution in [0.15, 0.2) is 29.2 Å². The first kappa shape index (κ1) is 18.9. The first-order chi connectivity index (χ1) is 11.1. The number of hydrogen-bond donors (Lipinski definition) is 0. The lowest BCUT2D eigenvalue weighted by molar-refractivity contribution is -0.161. The van der Waals surface area contributed by atoms with Crippen LogP contribution in [0.4, 0.5) is 0 Å². The number of rotatable bonds is 5. The molecular formula is C18H26O5S. The first-order valence-electron chi connectivity index (χ1n) is 8.27. The molecule has 1 aromatic rings. The number of esters is 1. The van der Waals surface area contributed by atoms with Gasteiger partial charge in [0.2, 0.25) is 0 Å². The number of benzene rings is 1. The van der Waals surface area contributed by atoms with Crippen LogP contribution in [0.1, 0.15) is 45.6 Å². The molecule has 5 nitrogen and oxygen atoms in total. The van der Waals surface area contributed by atoms with Gasteiger partial charge in [-0.15, -0.1) is 0 Å². The van der Waals surface area contributed by atoms with E-state index in [2.05, 4.69) is 0 Å². The van der Waals surface area contributed by atoms with Crippen LogP contribution in [0, 0.1) is 18.8 Å². The second kappa shape index (κ2) is 7.23. The molecule has 0 bridgehead atoms. The molecule has 0 aromatic heterocycles. The predicted molar refractivity (Wildman–Crippen MR) is 91.0 cm³/mol. The minimum absolute atomic E-state index is 0.0140. The van der Waals surface area contributed by atoms with Gasteiger partial charge in [-0.1, -0.05) is 24.1 Å². The Bertz CT molecular complexity index is 670. The molecule has 1 unspecified atom stereocenters. The van der Waals surface area contributed by atoms with Gasteiger partial charge in [-0.25, -0.2) is 0 Å². The van der Waals surface area contributed by atoms with E-state index in [0.717, 1.165) is 18.4 Å². The van der Waals surface area contributed by atoms with Crippen molar-refractivity contribution in [2.75, 3.05) is 6.61 Å². The summed E-state index contributed by atoms with van der Waals surface area (Å²) in [5.74, 6) is -0.682. The molecule has 134 valence electrons. The van der Waals surface area contributed by atoms with E-state index in [0.29, 0.717) is 6.42 Å². The van der Waals surface area contributed by atoms with Crippen LogP contribution in [0.3, 0.4) is 0 Å². The van der Waals surface area contributed by atoms with Crippen molar-refractivity contribution in [3.63, 3.8) is 0 Å². The summed E-state index contributed by atoms with van der Waals surface area (Å²) in [4.78, 5) is 12.4. The van der Waals surface area contributed by atoms with E-state index < -0.39 is 15.7 Å². The zero-order valence-electron chi connectivity index (χ0n) is 14.7. The number of carbonyl (C=O) groups is 1. The summed E-state index contributed by atoms with van der Waals surface area (Å²) in [5.41, 5.74) is 0.439. The highest BCUT2D eigenvalue weighted by molar-refractivity contribution is 7.86. The van der Waals surface area contributed by atoms with Gasteiger partial charge in [-0.3, -0.25) is 8.98 Å². The SMILES string of the molecule is Cc1ccc(S(=O)(=O)OC[C@@H]2CCCC2C(=O)OC(C)(C)C)cc1. The van der Waals surface area contributed by atoms with Crippen molar-refractivity contribution >= 4 is 16.1 Å². The molecule has 1 aliphatic rings. The minimum Gasteiger partial charge on any atom is -0.460 e. The third kappa shape index (κ3) is 5.05. The summed E-state index contributed by atoms with van der Waals surface area (Å²) < 4.78 is 35.2. The molecule has 2 atom stereocenters. The maximum atomic E-state index is 12.3. The fourth-order valence-corrected chi connectivity index (χ4v) is 3.83. The second-order valence-corrected chi connectivity index (χ2v) is 9.00. The van der Waals surface area contributed by atoms with Gasteiger partial charge in [0.1, 0.15) is 5.60 Å². The number of aryl methyl sites for hydroxylation is 1. The van der Waals surface area contributed by atoms with Gasteiger partial charge >= 0.3 is 5.97 Å². The van der Waals surface area contributed by atoms with Gasteiger partial charge in [0.25, 0.3) is 10.1 Å². The van der Waals surface area contributed by atoms with E-state index in [-0.39, 0.29) is 29.3 Å². The lowest BCUT2D eigenvalue weighted by Gasteiger charge is -2.24. The van der Waals surface area contributed by atoms with Crippen LogP contribution in [-0.4, -0.2) is 26.6 Å². The Kier molecular flexibility index (Phi) is 5.71. The second-order valence-electron chi connectivity index (χ2n) is 7.38. The average molecular weight is 354 g/mol. The van der Waals surface area contributed by atoms with Gasteiger partial charge in [0.15, 0.2) is 0 Å². The lowest BCUT2D eigenvalue weighted by Crippen LogP contribution is -2.32. The summed E-state index contributed by atoms with van der Waals surface area (Å²) in [6.45, 7) is 7.38. The molecule has 1 aromatic carbocycles. The van der Waals surface area contributed by atoms with E-state index in [9.17, 15) is 13.2 Å². The first-order valence-corrected chi connectivity index (χ1v) is 9.68. The molecule has 1 saturated carbocycles. The quantitative estimate of drug-likeness (QED) is 0.598. The summed E-state index contributed by atoms with van der Waals surface area (Å²) in [5, 5.41) is 0. The largest absolute Gasteiger partial charge is 0.460 e. The number of carbonyl (C=O) groups excluding carboxylic acids is 1. The van der Waals surface area contributed by atoms with Gasteiger partial charge in [0.05, 0.1) is 17.4 Å². The zero-order chi connectivity index (χ0) is 18.0. The Morgan fingerprint density at radius 2 is 1.79 bits per heavy atom. The van der Waals surface area contributed by atoms with Gasteiger partial charge in [-0.2, -0.15) is 8.42 Å². The van der Waals surface area contributed by atoms with Crippen molar-refractivity contribution in [2.24, 2.45) is 11.8 Å². The van der Waals surface area contributed by atoms with Crippen LogP contribution in [0.2, 0.25) is 0 Å². The van der Waals surface area contributed by atoms with Crippen LogP contribution in [-0.2, 0) is 23.8 Å². The standard InChI is InChI=1S/C18H26O5S/c1-13-8-10-15(11-9-13)24(20,21)22-12-14-6-5-7-16(14)17(19)23-18(2,3)4/h8-11,14,16H,5-7,12H2,1-4H3/t14-,16?/m0/s1. The Morgan fingerprint density at radius 1 is 1.17 bits per heavy atom. The third-order valence-corrected chi connectivity index (χ3v) is 5.41. The molecule has 0 N–H and O–H groups in total. The number of ether oxygens (including phenoxy) is 1. The summed E-state index contributed by atoms with van der Waals surface area (Å²) in [6, 6.07) is 6.53. The lowest BCUT2D eigenvalue weighted by atomic mass is 9.97. The Balaban J connectivity index is 1.99. The molecule has 2 rings (SSSR count). The van der Waals surface area contributed by atoms with Crippen LogP contribution < -0.4 is 0 Å². The molecule has 6 heteroatoms. The van der Waals surface area contributed by atoms with Crippen LogP contribution >= 0.6 is 0 Å². The third-order valence-electron chi connectivity index (χ3n) is 4.12. The normalized spacial score (nSPS) is 21.7. The van der Waals surface area contributed by atoms with Crippen molar-refractivity contribution in [1.29, 1.82) is 0 Å². The van der Waals surface area contributed by atoms with Gasteiger partial charge < -0.3 is 4.74 Å². The molecule has 0 saturated heterocycles. The molecule has 0 spiro atoms. The molecular weight excluding hydrogens is 328 g/mol. The van der Waals surface area contributed by atoms with E-state index >= 15 is 0 Å². The van der Waals surface area contributed by atoms with E-state index in [1.807, 2.05) is 27.7 Å². The van der Waals surface area contributed by atoms with E-state index in [4.69, 9.17) is 8.92 Å². The van der Waals surface area contributed by atoms with Crippen LogP contribution in [0.25, 0.3) is 0 Å². The highest BCUT2D eigenvalue weighted by Gasteiger charge is 2.37. The molecule has 0 heterocycles. The topological polar surface area (TPSA) is 69.7 Å². The molecule has 1 aliphatic carbocycles. The highest BCUT2D eigenvalue weighted by Crippen LogP contribution is 2.34. The fraction of sp³-hybridized carbons (Fsp3) is 0.611. The van der Waals surface area contributed by atoms with Crippen molar-refractivity contribution in [3.8, 4) is 0 Å². The van der Waals surface area contributed by atoms with E-state index in [1.165, 1.54) is 12.1 Å². The molecule has 0 amide bonds. The van der Waals surface area contributed by atoms with Gasteiger partial charge in [-0.05, 0) is 58.6 Å². The molecule has 0 aliphatic heterocycles. The zero-order valence-corrected chi connectivity index (χ0v) is 15.6. The highest BCUT2D eigenvalue weighted by atomic mass is 32.2. The molecule has 1 fully saturated rings. The Labute approximate surface area is 144 Å². The van der Waals surface area contributed by atoms with Crippen molar-refractivity contribution in [2.45, 2.75) is 57.5 Å². The fourth-order valence-electron chi connectivity index (χ4n) is 2.87. The summed E-state index contributed by atoms with van der Waals surface area (Å²) >= 11 is 0. The average Bonchev–Trinajstić information content (AvgIpc) is 2.92. The summed E-state index contributed by atoms with van der Waals surface area (Å²) in [6.07, 6.45) is 2.36. The Morgan fingerprint density at radius 3 is 2.38 bits per heavy atom. The monoisotopic (exact) mass is 354 g/mol. The molecule has 0 radical (unpaired) electrons.